The fourth-order valence-corrected chi connectivity index (χ4v) is 5.24. The molecule has 0 bridgehead atoms. The van der Waals surface area contributed by atoms with Crippen LogP contribution in [-0.2, 0) is 5.75 Å². The summed E-state index contributed by atoms with van der Waals surface area (Å²) in [4.78, 5) is 7.19. The number of rotatable bonds is 7. The number of thiazole rings is 1. The molecule has 3 nitrogen and oxygen atoms in total. The lowest BCUT2D eigenvalue weighted by atomic mass is 10.2. The van der Waals surface area contributed by atoms with Crippen LogP contribution in [0.1, 0.15) is 18.4 Å². The summed E-state index contributed by atoms with van der Waals surface area (Å²) in [6, 6.07) is 14.2. The Morgan fingerprint density at radius 2 is 1.92 bits per heavy atom. The molecule has 26 heavy (non-hydrogen) atoms. The minimum absolute atomic E-state index is 0.752. The Kier molecular flexibility index (Phi) is 6.00. The van der Waals surface area contributed by atoms with Gasteiger partial charge in [-0.2, -0.15) is 0 Å². The zero-order valence-corrected chi connectivity index (χ0v) is 16.9. The van der Waals surface area contributed by atoms with Crippen LogP contribution in [0.3, 0.4) is 0 Å². The van der Waals surface area contributed by atoms with Crippen LogP contribution in [0.4, 0.5) is 0 Å². The van der Waals surface area contributed by atoms with Crippen molar-refractivity contribution in [2.75, 3.05) is 26.2 Å². The summed E-state index contributed by atoms with van der Waals surface area (Å²) in [5, 5.41) is 0.774. The van der Waals surface area contributed by atoms with Gasteiger partial charge in [-0.3, -0.25) is 4.90 Å². The van der Waals surface area contributed by atoms with Gasteiger partial charge in [-0.25, -0.2) is 4.98 Å². The quantitative estimate of drug-likeness (QED) is 0.470. The second-order valence-electron chi connectivity index (χ2n) is 6.42. The Hall–Kier alpha value is -1.27. The van der Waals surface area contributed by atoms with Gasteiger partial charge in [0.05, 0.1) is 10.2 Å². The molecule has 2 heterocycles. The van der Waals surface area contributed by atoms with Gasteiger partial charge in [0.25, 0.3) is 0 Å². The second kappa shape index (κ2) is 8.61. The van der Waals surface area contributed by atoms with Crippen molar-refractivity contribution in [2.45, 2.75) is 22.9 Å². The average molecular weight is 405 g/mol. The molecule has 0 radical (unpaired) electrons. The van der Waals surface area contributed by atoms with E-state index < -0.39 is 0 Å². The third-order valence-corrected chi connectivity index (χ3v) is 6.98. The van der Waals surface area contributed by atoms with Gasteiger partial charge in [0.15, 0.2) is 4.34 Å². The molecule has 0 atom stereocenters. The van der Waals surface area contributed by atoms with E-state index in [0.29, 0.717) is 0 Å². The highest BCUT2D eigenvalue weighted by Gasteiger charge is 2.11. The Labute approximate surface area is 167 Å². The lowest BCUT2D eigenvalue weighted by molar-refractivity contribution is 0.238. The van der Waals surface area contributed by atoms with Gasteiger partial charge in [-0.1, -0.05) is 35.5 Å². The summed E-state index contributed by atoms with van der Waals surface area (Å²) in [5.41, 5.74) is 2.30. The van der Waals surface area contributed by atoms with Crippen molar-refractivity contribution in [1.82, 2.24) is 9.88 Å². The predicted molar refractivity (Wildman–Crippen MR) is 112 cm³/mol. The number of fused-ring (bicyclic) bond motifs is 1. The Bertz CT molecular complexity index is 860. The van der Waals surface area contributed by atoms with Gasteiger partial charge < -0.3 is 4.74 Å². The van der Waals surface area contributed by atoms with Crippen molar-refractivity contribution in [3.8, 4) is 5.75 Å². The number of thioether (sulfide) groups is 1. The summed E-state index contributed by atoms with van der Waals surface area (Å²) in [7, 11) is 0. The van der Waals surface area contributed by atoms with Crippen LogP contribution in [-0.4, -0.2) is 36.1 Å². The molecule has 1 aliphatic heterocycles. The molecule has 1 fully saturated rings. The molecule has 0 unspecified atom stereocenters. The van der Waals surface area contributed by atoms with E-state index in [1.807, 2.05) is 18.2 Å². The molecule has 0 aliphatic carbocycles. The minimum Gasteiger partial charge on any atom is -0.492 e. The van der Waals surface area contributed by atoms with E-state index in [4.69, 9.17) is 21.3 Å². The number of likely N-dealkylation sites (tertiary alicyclic amines) is 1. The molecule has 1 aromatic heterocycles. The third-order valence-electron chi connectivity index (χ3n) is 4.49. The molecule has 4 rings (SSSR count). The van der Waals surface area contributed by atoms with Crippen molar-refractivity contribution in [1.29, 1.82) is 0 Å². The van der Waals surface area contributed by atoms with Gasteiger partial charge in [0, 0.05) is 17.3 Å². The first-order valence-corrected chi connectivity index (χ1v) is 11.1. The van der Waals surface area contributed by atoms with E-state index >= 15 is 0 Å². The lowest BCUT2D eigenvalue weighted by Crippen LogP contribution is -2.25. The minimum atomic E-state index is 0.752. The zero-order valence-electron chi connectivity index (χ0n) is 14.5. The fourth-order valence-electron chi connectivity index (χ4n) is 3.06. The highest BCUT2D eigenvalue weighted by Crippen LogP contribution is 2.33. The molecule has 2 aromatic carbocycles. The molecule has 0 spiro atoms. The fraction of sp³-hybridized carbons (Fsp3) is 0.350. The van der Waals surface area contributed by atoms with E-state index in [9.17, 15) is 0 Å². The molecular weight excluding hydrogens is 384 g/mol. The van der Waals surface area contributed by atoms with Crippen LogP contribution in [0.15, 0.2) is 46.8 Å². The zero-order chi connectivity index (χ0) is 17.8. The van der Waals surface area contributed by atoms with Crippen LogP contribution < -0.4 is 4.74 Å². The van der Waals surface area contributed by atoms with Gasteiger partial charge >= 0.3 is 0 Å². The molecule has 3 aromatic rings. The first-order chi connectivity index (χ1) is 12.8. The molecule has 0 N–H and O–H groups in total. The van der Waals surface area contributed by atoms with Gasteiger partial charge in [-0.05, 0) is 61.8 Å². The first kappa shape index (κ1) is 18.1. The van der Waals surface area contributed by atoms with E-state index in [-0.39, 0.29) is 0 Å². The van der Waals surface area contributed by atoms with E-state index in [1.165, 1.54) is 36.2 Å². The summed E-state index contributed by atoms with van der Waals surface area (Å²) in [6.45, 7) is 4.20. The molecule has 0 saturated carbocycles. The normalized spacial score (nSPS) is 15.0. The summed E-state index contributed by atoms with van der Waals surface area (Å²) < 4.78 is 8.21. The number of aromatic nitrogens is 1. The second-order valence-corrected chi connectivity index (χ2v) is 9.11. The van der Waals surface area contributed by atoms with Crippen molar-refractivity contribution in [3.63, 3.8) is 0 Å². The Balaban J connectivity index is 1.34. The maximum Gasteiger partial charge on any atom is 0.151 e. The van der Waals surface area contributed by atoms with Crippen LogP contribution in [0.5, 0.6) is 5.75 Å². The monoisotopic (exact) mass is 404 g/mol. The standard InChI is InChI=1S/C20H21ClN2OS2/c21-16-5-3-15(4-6-16)14-25-20-22-18-8-7-17(13-19(18)26-20)24-12-11-23-9-1-2-10-23/h3-8,13H,1-2,9-12,14H2. The van der Waals surface area contributed by atoms with Crippen LogP contribution in [0.2, 0.25) is 5.02 Å². The van der Waals surface area contributed by atoms with Crippen molar-refractivity contribution in [2.24, 2.45) is 0 Å². The van der Waals surface area contributed by atoms with Crippen molar-refractivity contribution >= 4 is 44.9 Å². The highest BCUT2D eigenvalue weighted by atomic mass is 35.5. The predicted octanol–water partition coefficient (Wildman–Crippen LogP) is 5.72. The number of hydrogen-bond acceptors (Lipinski definition) is 5. The van der Waals surface area contributed by atoms with Crippen molar-refractivity contribution < 1.29 is 4.74 Å². The Morgan fingerprint density at radius 1 is 1.12 bits per heavy atom. The van der Waals surface area contributed by atoms with E-state index in [2.05, 4.69) is 29.2 Å². The Morgan fingerprint density at radius 3 is 2.73 bits per heavy atom. The van der Waals surface area contributed by atoms with Gasteiger partial charge in [0.2, 0.25) is 0 Å². The molecule has 1 aliphatic rings. The van der Waals surface area contributed by atoms with Crippen molar-refractivity contribution in [3.05, 3.63) is 53.1 Å². The van der Waals surface area contributed by atoms with Gasteiger partial charge in [-0.15, -0.1) is 11.3 Å². The van der Waals surface area contributed by atoms with Crippen LogP contribution in [0.25, 0.3) is 10.2 Å². The summed E-state index contributed by atoms with van der Waals surface area (Å²) in [5.74, 6) is 1.84. The molecule has 136 valence electrons. The summed E-state index contributed by atoms with van der Waals surface area (Å²) >= 11 is 9.43. The van der Waals surface area contributed by atoms with Gasteiger partial charge in [0.1, 0.15) is 12.4 Å². The first-order valence-electron chi connectivity index (χ1n) is 8.89. The smallest absolute Gasteiger partial charge is 0.151 e. The van der Waals surface area contributed by atoms with Crippen LogP contribution >= 0.6 is 34.7 Å². The number of benzene rings is 2. The molecule has 0 amide bonds. The number of hydrogen-bond donors (Lipinski definition) is 0. The largest absolute Gasteiger partial charge is 0.492 e. The third kappa shape index (κ3) is 4.71. The maximum atomic E-state index is 5.94. The van der Waals surface area contributed by atoms with E-state index in [1.54, 1.807) is 23.1 Å². The summed E-state index contributed by atoms with van der Waals surface area (Å²) in [6.07, 6.45) is 2.65. The van der Waals surface area contributed by atoms with E-state index in [0.717, 1.165) is 39.5 Å². The number of halogens is 1. The SMILES string of the molecule is Clc1ccc(CSc2nc3ccc(OCCN4CCCC4)cc3s2)cc1. The average Bonchev–Trinajstić information content (AvgIpc) is 3.30. The lowest BCUT2D eigenvalue weighted by Gasteiger charge is -2.14. The van der Waals surface area contributed by atoms with Crippen LogP contribution in [0, 0.1) is 0 Å². The molecule has 6 heteroatoms. The molecular formula is C20H21ClN2OS2. The highest BCUT2D eigenvalue weighted by molar-refractivity contribution is 8.00. The number of nitrogens with zero attached hydrogens (tertiary/aromatic N) is 2. The maximum absolute atomic E-state index is 5.94. The topological polar surface area (TPSA) is 25.4 Å². The number of ether oxygens (including phenoxy) is 1. The molecule has 1 saturated heterocycles.